The summed E-state index contributed by atoms with van der Waals surface area (Å²) in [5.41, 5.74) is 0.838. The second kappa shape index (κ2) is 5.46. The smallest absolute Gasteiger partial charge is 0.357 e. The number of carboxylic acids is 1. The number of nitrogens with one attached hydrogen (secondary N) is 1. The average molecular weight is 278 g/mol. The minimum atomic E-state index is -1.09. The van der Waals surface area contributed by atoms with Crippen LogP contribution in [0.15, 0.2) is 10.9 Å². The lowest BCUT2D eigenvalue weighted by Crippen LogP contribution is -2.16. The number of fused-ring (bicyclic) bond motifs is 1. The van der Waals surface area contributed by atoms with Crippen LogP contribution in [0.3, 0.4) is 0 Å². The number of H-pyrrole nitrogens is 1. The molecular formula is C13H18N4O3. The van der Waals surface area contributed by atoms with E-state index in [0.717, 1.165) is 13.0 Å². The summed E-state index contributed by atoms with van der Waals surface area (Å²) < 4.78 is 1.57. The molecule has 2 N–H and O–H groups in total. The maximum atomic E-state index is 11.6. The molecule has 0 unspecified atom stereocenters. The fraction of sp³-hybridized carbons (Fsp3) is 0.462. The Hall–Kier alpha value is -2.15. The van der Waals surface area contributed by atoms with Gasteiger partial charge < -0.3 is 15.0 Å². The highest BCUT2D eigenvalue weighted by atomic mass is 16.4. The molecule has 0 aliphatic carbocycles. The molecule has 2 aromatic heterocycles. The molecular weight excluding hydrogens is 260 g/mol. The minimum Gasteiger partial charge on any atom is -0.476 e. The molecule has 0 saturated heterocycles. The molecule has 0 fully saturated rings. The Kier molecular flexibility index (Phi) is 3.89. The van der Waals surface area contributed by atoms with E-state index in [-0.39, 0.29) is 11.3 Å². The molecule has 2 heterocycles. The van der Waals surface area contributed by atoms with E-state index in [0.29, 0.717) is 23.1 Å². The molecule has 0 bridgehead atoms. The van der Waals surface area contributed by atoms with Crippen LogP contribution in [0.1, 0.15) is 22.5 Å². The zero-order valence-corrected chi connectivity index (χ0v) is 11.8. The van der Waals surface area contributed by atoms with Crippen LogP contribution in [0.25, 0.3) is 11.0 Å². The lowest BCUT2D eigenvalue weighted by atomic mass is 10.1. The number of pyridine rings is 1. The van der Waals surface area contributed by atoms with Crippen molar-refractivity contribution in [1.82, 2.24) is 19.7 Å². The van der Waals surface area contributed by atoms with Crippen molar-refractivity contribution in [3.8, 4) is 0 Å². The molecule has 2 aromatic rings. The summed E-state index contributed by atoms with van der Waals surface area (Å²) in [4.78, 5) is 27.6. The molecule has 2 rings (SSSR count). The Morgan fingerprint density at radius 2 is 2.20 bits per heavy atom. The summed E-state index contributed by atoms with van der Waals surface area (Å²) >= 11 is 0. The average Bonchev–Trinajstić information content (AvgIpc) is 2.68. The van der Waals surface area contributed by atoms with Crippen LogP contribution in [0.2, 0.25) is 0 Å². The van der Waals surface area contributed by atoms with E-state index < -0.39 is 5.97 Å². The van der Waals surface area contributed by atoms with Gasteiger partial charge in [-0.25, -0.2) is 9.48 Å². The number of nitrogens with zero attached hydrogens (tertiary/aromatic N) is 3. The van der Waals surface area contributed by atoms with Crippen LogP contribution in [0.4, 0.5) is 0 Å². The molecule has 108 valence electrons. The first kappa shape index (κ1) is 14.3. The third-order valence-electron chi connectivity index (χ3n) is 3.11. The van der Waals surface area contributed by atoms with Crippen molar-refractivity contribution in [3.63, 3.8) is 0 Å². The van der Waals surface area contributed by atoms with Crippen molar-refractivity contribution in [1.29, 1.82) is 0 Å². The zero-order valence-electron chi connectivity index (χ0n) is 11.8. The maximum absolute atomic E-state index is 11.6. The Balaban J connectivity index is 2.49. The molecule has 0 aromatic carbocycles. The fourth-order valence-corrected chi connectivity index (χ4v) is 2.23. The predicted octanol–water partition coefficient (Wildman–Crippen LogP) is 0.683. The number of carboxylic acid groups (broad SMARTS) is 1. The van der Waals surface area contributed by atoms with Crippen molar-refractivity contribution >= 4 is 17.0 Å². The van der Waals surface area contributed by atoms with E-state index >= 15 is 0 Å². The van der Waals surface area contributed by atoms with Gasteiger partial charge in [0.15, 0.2) is 5.69 Å². The standard InChI is InChI=1S/C13H18N4O3/c1-8-7-9(18)14-12-10(8)11(13(19)20)15-17(12)6-4-5-16(2)3/h7H,4-6H2,1-3H3,(H,14,18)(H,19,20). The first-order valence-electron chi connectivity index (χ1n) is 6.38. The molecule has 7 heteroatoms. The predicted molar refractivity (Wildman–Crippen MR) is 75.2 cm³/mol. The van der Waals surface area contributed by atoms with Gasteiger partial charge in [0.2, 0.25) is 5.56 Å². The number of aromatic carboxylic acids is 1. The Labute approximate surface area is 115 Å². The Bertz CT molecular complexity index is 699. The van der Waals surface area contributed by atoms with E-state index in [2.05, 4.69) is 10.1 Å². The number of aromatic amines is 1. The van der Waals surface area contributed by atoms with Crippen LogP contribution >= 0.6 is 0 Å². The topological polar surface area (TPSA) is 91.2 Å². The molecule has 0 amide bonds. The van der Waals surface area contributed by atoms with Gasteiger partial charge in [0.25, 0.3) is 0 Å². The van der Waals surface area contributed by atoms with Crippen molar-refractivity contribution in [2.45, 2.75) is 19.9 Å². The number of carbonyl (C=O) groups is 1. The lowest BCUT2D eigenvalue weighted by Gasteiger charge is -2.09. The van der Waals surface area contributed by atoms with Gasteiger partial charge in [0, 0.05) is 12.6 Å². The number of hydrogen-bond acceptors (Lipinski definition) is 4. The van der Waals surface area contributed by atoms with Gasteiger partial charge in [-0.05, 0) is 39.5 Å². The van der Waals surface area contributed by atoms with Gasteiger partial charge in [-0.3, -0.25) is 4.79 Å². The molecule has 0 aliphatic heterocycles. The fourth-order valence-electron chi connectivity index (χ4n) is 2.23. The lowest BCUT2D eigenvalue weighted by molar-refractivity contribution is 0.0691. The van der Waals surface area contributed by atoms with Crippen molar-refractivity contribution in [2.24, 2.45) is 0 Å². The third-order valence-corrected chi connectivity index (χ3v) is 3.11. The summed E-state index contributed by atoms with van der Waals surface area (Å²) in [7, 11) is 3.94. The van der Waals surface area contributed by atoms with E-state index in [4.69, 9.17) is 0 Å². The van der Waals surface area contributed by atoms with Crippen LogP contribution in [0, 0.1) is 6.92 Å². The molecule has 0 atom stereocenters. The summed E-state index contributed by atoms with van der Waals surface area (Å²) in [5, 5.41) is 13.8. The normalized spacial score (nSPS) is 11.4. The van der Waals surface area contributed by atoms with Crippen LogP contribution in [0.5, 0.6) is 0 Å². The van der Waals surface area contributed by atoms with Crippen molar-refractivity contribution in [3.05, 3.63) is 27.7 Å². The Morgan fingerprint density at radius 3 is 2.80 bits per heavy atom. The number of hydrogen-bond donors (Lipinski definition) is 2. The highest BCUT2D eigenvalue weighted by Crippen LogP contribution is 2.19. The molecule has 0 radical (unpaired) electrons. The van der Waals surface area contributed by atoms with Crippen LogP contribution in [-0.4, -0.2) is 51.4 Å². The van der Waals surface area contributed by atoms with E-state index in [1.54, 1.807) is 11.6 Å². The van der Waals surface area contributed by atoms with E-state index in [9.17, 15) is 14.7 Å². The third kappa shape index (κ3) is 2.72. The molecule has 0 aliphatic rings. The first-order valence-corrected chi connectivity index (χ1v) is 6.38. The molecule has 0 spiro atoms. The monoisotopic (exact) mass is 278 g/mol. The van der Waals surface area contributed by atoms with Gasteiger partial charge in [-0.1, -0.05) is 0 Å². The largest absolute Gasteiger partial charge is 0.476 e. The van der Waals surface area contributed by atoms with Gasteiger partial charge in [-0.15, -0.1) is 0 Å². The summed E-state index contributed by atoms with van der Waals surface area (Å²) in [5.74, 6) is -1.09. The van der Waals surface area contributed by atoms with Gasteiger partial charge in [0.1, 0.15) is 5.65 Å². The van der Waals surface area contributed by atoms with E-state index in [1.165, 1.54) is 6.07 Å². The SMILES string of the molecule is Cc1cc(=O)[nH]c2c1c(C(=O)O)nn2CCCN(C)C. The molecule has 20 heavy (non-hydrogen) atoms. The van der Waals surface area contributed by atoms with Crippen LogP contribution in [-0.2, 0) is 6.54 Å². The second-order valence-corrected chi connectivity index (χ2v) is 5.07. The summed E-state index contributed by atoms with van der Waals surface area (Å²) in [6, 6.07) is 1.39. The first-order chi connectivity index (χ1) is 9.40. The van der Waals surface area contributed by atoms with Crippen LogP contribution < -0.4 is 5.56 Å². The second-order valence-electron chi connectivity index (χ2n) is 5.07. The van der Waals surface area contributed by atoms with Crippen molar-refractivity contribution < 1.29 is 9.90 Å². The Morgan fingerprint density at radius 1 is 1.50 bits per heavy atom. The maximum Gasteiger partial charge on any atom is 0.357 e. The van der Waals surface area contributed by atoms with Gasteiger partial charge >= 0.3 is 5.97 Å². The summed E-state index contributed by atoms with van der Waals surface area (Å²) in [6.07, 6.45) is 0.818. The van der Waals surface area contributed by atoms with Gasteiger partial charge in [-0.2, -0.15) is 5.10 Å². The number of aryl methyl sites for hydroxylation is 2. The van der Waals surface area contributed by atoms with Gasteiger partial charge in [0.05, 0.1) is 5.39 Å². The van der Waals surface area contributed by atoms with E-state index in [1.807, 2.05) is 19.0 Å². The zero-order chi connectivity index (χ0) is 14.9. The quantitative estimate of drug-likeness (QED) is 0.839. The minimum absolute atomic E-state index is 0.0152. The molecule has 0 saturated carbocycles. The highest BCUT2D eigenvalue weighted by Gasteiger charge is 2.19. The molecule has 7 nitrogen and oxygen atoms in total. The number of rotatable bonds is 5. The highest BCUT2D eigenvalue weighted by molar-refractivity contribution is 6.01. The number of aromatic nitrogens is 3. The van der Waals surface area contributed by atoms with Crippen molar-refractivity contribution in [2.75, 3.05) is 20.6 Å². The summed E-state index contributed by atoms with van der Waals surface area (Å²) in [6.45, 7) is 3.14.